The lowest BCUT2D eigenvalue weighted by molar-refractivity contribution is 0.242. The van der Waals surface area contributed by atoms with Gasteiger partial charge in [0.25, 0.3) is 5.56 Å². The van der Waals surface area contributed by atoms with Crippen molar-refractivity contribution in [1.82, 2.24) is 19.3 Å². The quantitative estimate of drug-likeness (QED) is 0.129. The van der Waals surface area contributed by atoms with Crippen molar-refractivity contribution in [2.75, 3.05) is 17.2 Å². The van der Waals surface area contributed by atoms with Crippen molar-refractivity contribution in [2.45, 2.75) is 98.8 Å². The van der Waals surface area contributed by atoms with Crippen LogP contribution in [0.25, 0.3) is 11.1 Å². The molecule has 0 atom stereocenters. The van der Waals surface area contributed by atoms with Gasteiger partial charge in [0.1, 0.15) is 29.8 Å². The predicted octanol–water partition coefficient (Wildman–Crippen LogP) is 8.05. The molecule has 4 aromatic rings. The first-order valence-corrected chi connectivity index (χ1v) is 16.3. The van der Waals surface area contributed by atoms with Crippen molar-refractivity contribution in [3.8, 4) is 22.6 Å². The summed E-state index contributed by atoms with van der Waals surface area (Å²) in [5.41, 5.74) is 3.96. The van der Waals surface area contributed by atoms with E-state index in [1.54, 1.807) is 21.8 Å². The molecule has 10 heteroatoms. The summed E-state index contributed by atoms with van der Waals surface area (Å²) in [7, 11) is 0. The highest BCUT2D eigenvalue weighted by molar-refractivity contribution is 6.03. The van der Waals surface area contributed by atoms with Crippen LogP contribution in [0.4, 0.5) is 16.2 Å². The molecule has 0 aliphatic heterocycles. The molecular formula is C36H48N6O4. The van der Waals surface area contributed by atoms with E-state index in [2.05, 4.69) is 55.3 Å². The number of hydrogen-bond acceptors (Lipinski definition) is 6. The van der Waals surface area contributed by atoms with Crippen molar-refractivity contribution < 1.29 is 14.3 Å². The minimum absolute atomic E-state index is 0.111. The second-order valence-corrected chi connectivity index (χ2v) is 12.3. The average molecular weight is 629 g/mol. The Bertz CT molecular complexity index is 1620. The van der Waals surface area contributed by atoms with Gasteiger partial charge in [-0.1, -0.05) is 59.2 Å². The molecule has 2 aromatic heterocycles. The minimum Gasteiger partial charge on any atom is -0.494 e. The molecule has 4 rings (SSSR count). The van der Waals surface area contributed by atoms with Gasteiger partial charge in [0, 0.05) is 42.5 Å². The van der Waals surface area contributed by atoms with Crippen molar-refractivity contribution in [1.29, 1.82) is 0 Å². The number of para-hydroxylation sites is 1. The van der Waals surface area contributed by atoms with Crippen LogP contribution >= 0.6 is 0 Å². The van der Waals surface area contributed by atoms with Crippen LogP contribution in [0.2, 0.25) is 0 Å². The Kier molecular flexibility index (Phi) is 12.0. The van der Waals surface area contributed by atoms with Gasteiger partial charge < -0.3 is 24.7 Å². The number of unbranched alkanes of at least 4 members (excludes halogenated alkanes) is 1. The van der Waals surface area contributed by atoms with Crippen molar-refractivity contribution in [3.63, 3.8) is 0 Å². The summed E-state index contributed by atoms with van der Waals surface area (Å²) in [4.78, 5) is 31.7. The number of benzene rings is 2. The lowest BCUT2D eigenvalue weighted by atomic mass is 9.93. The summed E-state index contributed by atoms with van der Waals surface area (Å²) in [6, 6.07) is 13.0. The monoisotopic (exact) mass is 628 g/mol. The highest BCUT2D eigenvalue weighted by atomic mass is 16.5. The molecule has 0 fully saturated rings. The van der Waals surface area contributed by atoms with Gasteiger partial charge in [-0.15, -0.1) is 0 Å². The Balaban J connectivity index is 1.72. The van der Waals surface area contributed by atoms with Gasteiger partial charge in [0.2, 0.25) is 0 Å². The first kappa shape index (κ1) is 34.3. The number of nitrogens with zero attached hydrogens (tertiary/aromatic N) is 4. The van der Waals surface area contributed by atoms with E-state index >= 15 is 0 Å². The third-order valence-electron chi connectivity index (χ3n) is 7.64. The maximum atomic E-state index is 14.0. The van der Waals surface area contributed by atoms with E-state index in [1.165, 1.54) is 6.33 Å². The predicted molar refractivity (Wildman–Crippen MR) is 184 cm³/mol. The van der Waals surface area contributed by atoms with Crippen LogP contribution in [-0.2, 0) is 13.1 Å². The summed E-state index contributed by atoms with van der Waals surface area (Å²) in [5, 5.41) is 10.2. The summed E-state index contributed by atoms with van der Waals surface area (Å²) < 4.78 is 15.7. The Labute approximate surface area is 272 Å². The molecule has 0 aliphatic rings. The highest BCUT2D eigenvalue weighted by Crippen LogP contribution is 2.38. The van der Waals surface area contributed by atoms with Gasteiger partial charge in [-0.2, -0.15) is 5.10 Å². The fourth-order valence-corrected chi connectivity index (χ4v) is 5.31. The molecule has 0 saturated carbocycles. The number of carbonyl (C=O) groups is 1. The molecule has 2 amide bonds. The molecule has 0 bridgehead atoms. The topological polar surface area (TPSA) is 112 Å². The van der Waals surface area contributed by atoms with E-state index in [0.717, 1.165) is 36.1 Å². The minimum atomic E-state index is -0.478. The number of aryl methyl sites for hydroxylation is 2. The highest BCUT2D eigenvalue weighted by Gasteiger charge is 2.21. The molecule has 0 saturated heterocycles. The summed E-state index contributed by atoms with van der Waals surface area (Å²) in [5.74, 6) is 1.61. The molecule has 0 aliphatic carbocycles. The second kappa shape index (κ2) is 16.1. The van der Waals surface area contributed by atoms with Crippen molar-refractivity contribution in [2.24, 2.45) is 0 Å². The lowest BCUT2D eigenvalue weighted by Crippen LogP contribution is -2.29. The number of urea groups is 1. The second-order valence-electron chi connectivity index (χ2n) is 12.3. The molecule has 46 heavy (non-hydrogen) atoms. The van der Waals surface area contributed by atoms with Gasteiger partial charge in [-0.05, 0) is 67.5 Å². The Morgan fingerprint density at radius 2 is 1.61 bits per heavy atom. The van der Waals surface area contributed by atoms with E-state index in [-0.39, 0.29) is 29.2 Å². The zero-order valence-electron chi connectivity index (χ0n) is 28.2. The number of nitrogens with one attached hydrogen (secondary N) is 2. The van der Waals surface area contributed by atoms with Crippen LogP contribution in [-0.4, -0.2) is 38.1 Å². The van der Waals surface area contributed by atoms with E-state index in [4.69, 9.17) is 9.47 Å². The standard InChI is InChI=1S/C36H48N6O4/c1-8-9-17-41-19-16-30(31-21-27(14-15-32(31)46-26(6)7)45-20-11-18-42-23-37-22-38-42)34(35(41)43)40-36(44)39-33-28(24(2)3)12-10-13-29(33)25(4)5/h10,12-16,19,21-26H,8-9,11,17-18,20H2,1-7H3,(H2,39,40,44). The molecule has 10 nitrogen and oxygen atoms in total. The molecule has 2 N–H and O–H groups in total. The number of ether oxygens (including phenoxy) is 2. The van der Waals surface area contributed by atoms with Crippen LogP contribution in [0.15, 0.2) is 66.1 Å². The molecule has 0 spiro atoms. The normalized spacial score (nSPS) is 11.3. The van der Waals surface area contributed by atoms with Gasteiger partial charge in [-0.3, -0.25) is 9.48 Å². The summed E-state index contributed by atoms with van der Waals surface area (Å²) in [6.45, 7) is 16.1. The summed E-state index contributed by atoms with van der Waals surface area (Å²) >= 11 is 0. The molecule has 2 heterocycles. The lowest BCUT2D eigenvalue weighted by Gasteiger charge is -2.22. The third kappa shape index (κ3) is 8.77. The number of hydrogen-bond donors (Lipinski definition) is 2. The number of pyridine rings is 1. The van der Waals surface area contributed by atoms with E-state index in [1.807, 2.05) is 56.3 Å². The first-order chi connectivity index (χ1) is 22.1. The Hall–Kier alpha value is -4.60. The fraction of sp³-hybridized carbons (Fsp3) is 0.444. The van der Waals surface area contributed by atoms with Crippen molar-refractivity contribution in [3.05, 3.63) is 82.8 Å². The van der Waals surface area contributed by atoms with E-state index < -0.39 is 6.03 Å². The number of aromatic nitrogens is 4. The van der Waals surface area contributed by atoms with Crippen LogP contribution < -0.4 is 25.7 Å². The number of carbonyl (C=O) groups excluding carboxylic acids is 1. The van der Waals surface area contributed by atoms with Crippen molar-refractivity contribution >= 4 is 17.4 Å². The molecule has 246 valence electrons. The van der Waals surface area contributed by atoms with E-state index in [9.17, 15) is 9.59 Å². The SMILES string of the molecule is CCCCn1ccc(-c2cc(OCCCn3cncn3)ccc2OC(C)C)c(NC(=O)Nc2c(C(C)C)cccc2C(C)C)c1=O. The van der Waals surface area contributed by atoms with Crippen LogP contribution in [0.5, 0.6) is 11.5 Å². The third-order valence-corrected chi connectivity index (χ3v) is 7.64. The molecule has 0 radical (unpaired) electrons. The Morgan fingerprint density at radius 3 is 2.24 bits per heavy atom. The Morgan fingerprint density at radius 1 is 0.891 bits per heavy atom. The number of rotatable bonds is 15. The van der Waals surface area contributed by atoms with Gasteiger partial charge in [-0.25, -0.2) is 9.78 Å². The average Bonchev–Trinajstić information content (AvgIpc) is 3.54. The zero-order chi connectivity index (χ0) is 33.2. The first-order valence-electron chi connectivity index (χ1n) is 16.3. The zero-order valence-corrected chi connectivity index (χ0v) is 28.2. The van der Waals surface area contributed by atoms with Gasteiger partial charge in [0.15, 0.2) is 0 Å². The fourth-order valence-electron chi connectivity index (χ4n) is 5.31. The molecule has 2 aromatic carbocycles. The van der Waals surface area contributed by atoms with Crippen LogP contribution in [0.3, 0.4) is 0 Å². The van der Waals surface area contributed by atoms with Gasteiger partial charge in [0.05, 0.1) is 12.7 Å². The van der Waals surface area contributed by atoms with Gasteiger partial charge >= 0.3 is 6.03 Å². The summed E-state index contributed by atoms with van der Waals surface area (Å²) in [6.07, 6.45) is 7.36. The smallest absolute Gasteiger partial charge is 0.323 e. The number of amides is 2. The van der Waals surface area contributed by atoms with Crippen LogP contribution in [0.1, 0.15) is 90.7 Å². The maximum Gasteiger partial charge on any atom is 0.323 e. The molecule has 0 unspecified atom stereocenters. The van der Waals surface area contributed by atoms with Crippen LogP contribution in [0, 0.1) is 0 Å². The number of anilines is 2. The maximum absolute atomic E-state index is 14.0. The largest absolute Gasteiger partial charge is 0.494 e. The molecular weight excluding hydrogens is 580 g/mol. The van der Waals surface area contributed by atoms with E-state index in [0.29, 0.717) is 42.3 Å².